The van der Waals surface area contributed by atoms with Gasteiger partial charge in [-0.2, -0.15) is 13.2 Å². The van der Waals surface area contributed by atoms with Gasteiger partial charge in [0, 0.05) is 74.3 Å². The second-order valence-corrected chi connectivity index (χ2v) is 31.3. The van der Waals surface area contributed by atoms with Gasteiger partial charge >= 0.3 is 6.18 Å². The number of halogens is 5. The molecule has 24 nitrogen and oxygen atoms in total. The average Bonchev–Trinajstić information content (AvgIpc) is 1.46. The maximum absolute atomic E-state index is 15.5. The summed E-state index contributed by atoms with van der Waals surface area (Å²) in [5.41, 5.74) is -1.59. The molecule has 11 atom stereocenters. The van der Waals surface area contributed by atoms with Crippen molar-refractivity contribution in [3.8, 4) is 0 Å². The van der Waals surface area contributed by atoms with E-state index in [0.717, 1.165) is 21.1 Å². The third-order valence-corrected chi connectivity index (χ3v) is 22.6. The highest BCUT2D eigenvalue weighted by molar-refractivity contribution is 6.20. The molecule has 1 spiro atoms. The summed E-state index contributed by atoms with van der Waals surface area (Å²) in [6, 6.07) is -8.90. The number of fused-ring (bicyclic) bond motifs is 1. The first-order valence-corrected chi connectivity index (χ1v) is 37.0. The Morgan fingerprint density at radius 3 is 1.75 bits per heavy atom. The molecule has 6 rings (SSSR count). The minimum atomic E-state index is -4.76. The molecule has 3 N–H and O–H groups in total. The van der Waals surface area contributed by atoms with Gasteiger partial charge in [-0.05, 0) is 152 Å². The van der Waals surface area contributed by atoms with Crippen LogP contribution in [0.5, 0.6) is 0 Å². The first-order chi connectivity index (χ1) is 46.9. The summed E-state index contributed by atoms with van der Waals surface area (Å²) in [5, 5.41) is 8.58. The monoisotopic (exact) mass is 1440 g/mol. The maximum atomic E-state index is 15.5. The second-order valence-electron chi connectivity index (χ2n) is 30.7. The van der Waals surface area contributed by atoms with Crippen molar-refractivity contribution in [2.45, 2.75) is 255 Å². The number of hydrogen-bond donors (Lipinski definition) is 3. The average molecular weight is 1440 g/mol. The van der Waals surface area contributed by atoms with Crippen molar-refractivity contribution in [1.82, 2.24) is 60.0 Å². The summed E-state index contributed by atoms with van der Waals surface area (Å²) in [5.74, 6) is -11.8. The lowest BCUT2D eigenvalue weighted by molar-refractivity contribution is -0.201. The third kappa shape index (κ3) is 21.4. The topological polar surface area (TPSA) is 270 Å². The molecule has 0 radical (unpaired) electrons. The Kier molecular flexibility index (Phi) is 30.3. The van der Waals surface area contributed by atoms with Crippen LogP contribution in [0.25, 0.3) is 0 Å². The van der Waals surface area contributed by atoms with Gasteiger partial charge in [0.05, 0.1) is 32.0 Å². The lowest BCUT2D eigenvalue weighted by atomic mass is 9.78. The predicted molar refractivity (Wildman–Crippen MR) is 368 cm³/mol. The van der Waals surface area contributed by atoms with Gasteiger partial charge < -0.3 is 60.0 Å². The van der Waals surface area contributed by atoms with Crippen molar-refractivity contribution in [2.24, 2.45) is 35.5 Å². The molecule has 3 saturated carbocycles. The fourth-order valence-corrected chi connectivity index (χ4v) is 15.8. The number of rotatable bonds is 12. The highest BCUT2D eigenvalue weighted by atomic mass is 35.5. The van der Waals surface area contributed by atoms with E-state index >= 15 is 23.6 Å². The van der Waals surface area contributed by atoms with Crippen molar-refractivity contribution >= 4 is 82.5 Å². The Balaban J connectivity index is 1.41. The van der Waals surface area contributed by atoms with E-state index in [2.05, 4.69) is 16.0 Å². The van der Waals surface area contributed by atoms with Crippen LogP contribution in [0.3, 0.4) is 0 Å². The molecule has 0 aromatic rings. The number of likely N-dealkylation sites (tertiary alicyclic amines) is 1. The van der Waals surface area contributed by atoms with Gasteiger partial charge in [-0.1, -0.05) is 60.8 Å². The first-order valence-electron chi connectivity index (χ1n) is 36.6. The number of alkyl halides is 5. The summed E-state index contributed by atoms with van der Waals surface area (Å²) in [6.07, 6.45) is -1.39. The van der Waals surface area contributed by atoms with Gasteiger partial charge in [-0.15, -0.1) is 11.6 Å². The summed E-state index contributed by atoms with van der Waals surface area (Å²) >= 11 is 6.50. The summed E-state index contributed by atoms with van der Waals surface area (Å²) in [7, 11) is 9.79. The molecule has 3 saturated heterocycles. The van der Waals surface area contributed by atoms with Gasteiger partial charge in [0.15, 0.2) is 0 Å². The zero-order valence-electron chi connectivity index (χ0n) is 61.5. The highest BCUT2D eigenvalue weighted by Crippen LogP contribution is 2.43. The summed E-state index contributed by atoms with van der Waals surface area (Å²) in [6.45, 7) is 10.00. The minimum Gasteiger partial charge on any atom is -0.343 e. The molecule has 100 heavy (non-hydrogen) atoms. The van der Waals surface area contributed by atoms with Gasteiger partial charge in [0.2, 0.25) is 70.9 Å². The van der Waals surface area contributed by atoms with Crippen molar-refractivity contribution in [3.63, 3.8) is 0 Å². The second kappa shape index (κ2) is 36.7. The van der Waals surface area contributed by atoms with Crippen LogP contribution < -0.4 is 16.0 Å². The molecule has 3 unspecified atom stereocenters. The molecule has 6 aliphatic rings. The quantitative estimate of drug-likeness (QED) is 0.152. The largest absolute Gasteiger partial charge is 0.394 e. The normalized spacial score (nSPS) is 30.4. The van der Waals surface area contributed by atoms with Crippen LogP contribution in [0, 0.1) is 35.5 Å². The number of nitrogens with one attached hydrogen (secondary N) is 3. The molecule has 0 bridgehead atoms. The van der Waals surface area contributed by atoms with E-state index in [4.69, 9.17) is 11.6 Å². The third-order valence-electron chi connectivity index (χ3n) is 22.2. The minimum absolute atomic E-state index is 0.00963. The van der Waals surface area contributed by atoms with Crippen LogP contribution >= 0.6 is 11.6 Å². The van der Waals surface area contributed by atoms with Crippen molar-refractivity contribution in [1.29, 1.82) is 0 Å². The standard InChI is InChI=1S/C71H115ClF4N12O12/c1-14-45(6)61-68(99)82(9)41-59(91)80(7)42-60(92)84(11)55(38-47-22-26-48(72)27-23-47)65(96)81(8)40-57(89)77-51(29-25-46-24-28-49(50(73)37-46)71(74,75)76)64(95)88-34-20-21-52(88)63(94)79-70(30-16-17-31-70)69(100)86(13)54(36-44(4)5)66(97)85(12)56(67(98)87-32-18-15-19-33-87)39-58(90)83(10)53(35-43(2)3)62(93)78-61/h43-56,61H,14-42H2,1-13H3,(H,77,89)(H,78,93)(H,79,94)/t45-,46?,47?,48?,49?,50?,51-,52-,53-,54-,55-,56-,61-/m0/s1. The molecule has 3 aliphatic carbocycles. The van der Waals surface area contributed by atoms with E-state index in [-0.39, 0.29) is 87.5 Å². The molecule has 3 heterocycles. The lowest BCUT2D eigenvalue weighted by Gasteiger charge is -2.41. The van der Waals surface area contributed by atoms with Crippen molar-refractivity contribution in [2.75, 3.05) is 88.6 Å². The van der Waals surface area contributed by atoms with Crippen molar-refractivity contribution < 1.29 is 75.1 Å². The molecule has 0 aromatic carbocycles. The number of likely N-dealkylation sites (N-methyl/N-ethyl adjacent to an activating group) is 7. The molecule has 29 heteroatoms. The molecule has 3 aliphatic heterocycles. The molecule has 6 fully saturated rings. The number of piperidine rings is 1. The summed E-state index contributed by atoms with van der Waals surface area (Å²) in [4.78, 5) is 190. The number of amides is 12. The van der Waals surface area contributed by atoms with Gasteiger partial charge in [0.1, 0.15) is 54.0 Å². The number of carbonyl (C=O) groups is 12. The lowest BCUT2D eigenvalue weighted by Crippen LogP contribution is -2.64. The zero-order valence-corrected chi connectivity index (χ0v) is 62.2. The number of hydrogen-bond acceptors (Lipinski definition) is 12. The van der Waals surface area contributed by atoms with E-state index < -0.39 is 188 Å². The van der Waals surface area contributed by atoms with Crippen LogP contribution in [-0.4, -0.2) is 269 Å². The van der Waals surface area contributed by atoms with E-state index in [9.17, 15) is 51.5 Å². The Morgan fingerprint density at radius 2 is 1.16 bits per heavy atom. The van der Waals surface area contributed by atoms with Crippen LogP contribution in [0.15, 0.2) is 0 Å². The van der Waals surface area contributed by atoms with Gasteiger partial charge in [0.25, 0.3) is 0 Å². The Bertz CT molecular complexity index is 2890. The van der Waals surface area contributed by atoms with Crippen LogP contribution in [0.2, 0.25) is 0 Å². The van der Waals surface area contributed by atoms with E-state index in [1.54, 1.807) is 11.8 Å². The zero-order chi connectivity index (χ0) is 74.4. The predicted octanol–water partition coefficient (Wildman–Crippen LogP) is 5.90. The number of nitrogens with zero attached hydrogens (tertiary/aromatic N) is 9. The van der Waals surface area contributed by atoms with Crippen LogP contribution in [-0.2, 0) is 57.5 Å². The van der Waals surface area contributed by atoms with E-state index in [0.29, 0.717) is 77.3 Å². The first kappa shape index (κ1) is 82.6. The highest BCUT2D eigenvalue weighted by Gasteiger charge is 2.52. The maximum Gasteiger partial charge on any atom is 0.394 e. The molecule has 0 aromatic heterocycles. The smallest absolute Gasteiger partial charge is 0.343 e. The fourth-order valence-electron chi connectivity index (χ4n) is 15.5. The van der Waals surface area contributed by atoms with Gasteiger partial charge in [-0.25, -0.2) is 4.39 Å². The SMILES string of the molecule is CC[C@H](C)[C@@H]1NC(=O)[C@H](CC(C)C)N(C)C(=O)C[C@@H](C(=O)N2CCCCC2)N(C)C(=O)[C@H](CC(C)C)N(C)C(=O)C2(CCCC2)NC(=O)[C@@H]2CCCN2C(=O)[C@H](CCC2CCC(C(F)(F)F)C(F)C2)NC(=O)CN(C)C(=O)[C@H](CC2CCC(Cl)CC2)N(C)C(=O)CN(C)C(=O)CN(C)C1=O. The van der Waals surface area contributed by atoms with Gasteiger partial charge in [-0.3, -0.25) is 57.5 Å². The Morgan fingerprint density at radius 1 is 0.580 bits per heavy atom. The van der Waals surface area contributed by atoms with Crippen LogP contribution in [0.4, 0.5) is 17.6 Å². The molecular formula is C71H115ClF4N12O12. The Labute approximate surface area is 594 Å². The number of carbonyl (C=O) groups excluding carboxylic acids is 12. The molecular weight excluding hydrogens is 1320 g/mol. The molecule has 566 valence electrons. The Hall–Kier alpha value is -6.35. The van der Waals surface area contributed by atoms with Crippen LogP contribution in [0.1, 0.15) is 189 Å². The van der Waals surface area contributed by atoms with Crippen molar-refractivity contribution in [3.05, 3.63) is 0 Å². The van der Waals surface area contributed by atoms with E-state index in [1.807, 2.05) is 34.6 Å². The fraction of sp³-hybridized carbons (Fsp3) is 0.831. The summed E-state index contributed by atoms with van der Waals surface area (Å²) < 4.78 is 56.8. The molecule has 12 amide bonds. The van der Waals surface area contributed by atoms with E-state index in [1.165, 1.54) is 73.8 Å².